The number of ether oxygens (including phenoxy) is 1. The fourth-order valence-electron chi connectivity index (χ4n) is 3.91. The van der Waals surface area contributed by atoms with Crippen molar-refractivity contribution < 1.29 is 23.3 Å². The van der Waals surface area contributed by atoms with Gasteiger partial charge >= 0.3 is 5.91 Å². The van der Waals surface area contributed by atoms with Crippen molar-refractivity contribution in [1.82, 2.24) is 14.7 Å². The van der Waals surface area contributed by atoms with E-state index >= 15 is 0 Å². The largest absolute Gasteiger partial charge is 0.383 e. The lowest BCUT2D eigenvalue weighted by Gasteiger charge is -2.12. The zero-order valence-corrected chi connectivity index (χ0v) is 18.6. The molecule has 0 fully saturated rings. The van der Waals surface area contributed by atoms with Gasteiger partial charge < -0.3 is 4.74 Å². The molecule has 1 aromatic carbocycles. The summed E-state index contributed by atoms with van der Waals surface area (Å²) in [5.74, 6) is -1.49. The number of pyridine rings is 1. The van der Waals surface area contributed by atoms with Gasteiger partial charge in [-0.15, -0.1) is 0 Å². The predicted molar refractivity (Wildman–Crippen MR) is 119 cm³/mol. The minimum atomic E-state index is -0.557. The molecule has 0 saturated heterocycles. The summed E-state index contributed by atoms with van der Waals surface area (Å²) in [5.41, 5.74) is 1.58. The van der Waals surface area contributed by atoms with E-state index in [1.54, 1.807) is 23.0 Å². The van der Waals surface area contributed by atoms with Gasteiger partial charge in [0.15, 0.2) is 12.4 Å². The summed E-state index contributed by atoms with van der Waals surface area (Å²) < 4.78 is 21.3. The van der Waals surface area contributed by atoms with Crippen LogP contribution >= 0.6 is 0 Å². The zero-order valence-electron chi connectivity index (χ0n) is 18.6. The number of halogens is 1. The van der Waals surface area contributed by atoms with Crippen LogP contribution in [-0.4, -0.2) is 46.8 Å². The quantitative estimate of drug-likeness (QED) is 0.439. The molecule has 0 spiro atoms. The second-order valence-electron chi connectivity index (χ2n) is 7.70. The molecule has 8 nitrogen and oxygen atoms in total. The lowest BCUT2D eigenvalue weighted by molar-refractivity contribution is -0.577. The molecule has 1 aliphatic heterocycles. The highest BCUT2D eigenvalue weighted by molar-refractivity contribution is 6.44. The van der Waals surface area contributed by atoms with Gasteiger partial charge in [0.2, 0.25) is 0 Å². The molecule has 3 heterocycles. The Morgan fingerprint density at radius 1 is 1.09 bits per heavy atom. The Bertz CT molecular complexity index is 1320. The van der Waals surface area contributed by atoms with Crippen LogP contribution in [-0.2, 0) is 20.7 Å². The Hall–Kier alpha value is -3.85. The molecule has 9 heteroatoms. The number of benzene rings is 1. The summed E-state index contributed by atoms with van der Waals surface area (Å²) in [5, 5.41) is 3.02. The average Bonchev–Trinajstić information content (AvgIpc) is 3.25. The number of nitrogens with one attached hydrogen (secondary N) is 1. The minimum Gasteiger partial charge on any atom is -0.383 e. The van der Waals surface area contributed by atoms with Crippen LogP contribution in [0.2, 0.25) is 0 Å². The number of rotatable bonds is 7. The first kappa shape index (κ1) is 22.3. The second-order valence-corrected chi connectivity index (χ2v) is 7.70. The molecular weight excluding hydrogens is 427 g/mol. The number of H-pyrrole nitrogens is 1. The maximum absolute atomic E-state index is 13.5. The molecule has 0 atom stereocenters. The third-order valence-corrected chi connectivity index (χ3v) is 5.52. The molecule has 1 aliphatic rings. The van der Waals surface area contributed by atoms with Crippen molar-refractivity contribution >= 4 is 23.1 Å². The Morgan fingerprint density at radius 2 is 1.82 bits per heavy atom. The Morgan fingerprint density at radius 3 is 2.45 bits per heavy atom. The number of methoxy groups -OCH3 is 1. The van der Waals surface area contributed by atoms with Crippen LogP contribution in [0.1, 0.15) is 23.7 Å². The molecule has 1 N–H and O–H groups in total. The summed E-state index contributed by atoms with van der Waals surface area (Å²) in [6.45, 7) is 3.94. The Balaban J connectivity index is 1.97. The molecule has 2 aromatic heterocycles. The maximum atomic E-state index is 13.5. The molecule has 0 radical (unpaired) electrons. The van der Waals surface area contributed by atoms with Gasteiger partial charge in [-0.2, -0.15) is 4.57 Å². The van der Waals surface area contributed by atoms with Crippen molar-refractivity contribution in [3.63, 3.8) is 0 Å². The number of imide groups is 1. The lowest BCUT2D eigenvalue weighted by atomic mass is 10.0. The van der Waals surface area contributed by atoms with E-state index in [1.165, 1.54) is 36.1 Å². The molecule has 0 unspecified atom stereocenters. The lowest BCUT2D eigenvalue weighted by Crippen LogP contribution is -2.40. The monoisotopic (exact) mass is 451 g/mol. The number of nitrogens with zero attached hydrogens (tertiary/aromatic N) is 3. The number of amides is 2. The van der Waals surface area contributed by atoms with Crippen LogP contribution in [0.3, 0.4) is 0 Å². The number of aromatic amines is 1. The number of hydrogen-bond donors (Lipinski definition) is 1. The van der Waals surface area contributed by atoms with Gasteiger partial charge in [-0.05, 0) is 43.7 Å². The normalized spacial score (nSPS) is 14.0. The first-order valence-corrected chi connectivity index (χ1v) is 10.5. The molecule has 0 bridgehead atoms. The van der Waals surface area contributed by atoms with E-state index < -0.39 is 23.2 Å². The van der Waals surface area contributed by atoms with Crippen molar-refractivity contribution in [2.45, 2.75) is 20.3 Å². The summed E-state index contributed by atoms with van der Waals surface area (Å²) in [6.07, 6.45) is 3.81. The summed E-state index contributed by atoms with van der Waals surface area (Å²) in [7, 11) is 1.48. The average molecular weight is 451 g/mol. The number of carbonyl (C=O) groups excluding carboxylic acids is 2. The van der Waals surface area contributed by atoms with E-state index in [-0.39, 0.29) is 30.0 Å². The van der Waals surface area contributed by atoms with Gasteiger partial charge in [0, 0.05) is 24.4 Å². The molecule has 0 saturated carbocycles. The molecule has 4 rings (SSSR count). The van der Waals surface area contributed by atoms with E-state index in [1.807, 2.05) is 19.9 Å². The molecule has 2 amide bonds. The number of carbonyl (C=O) groups is 2. The Kier molecular flexibility index (Phi) is 6.06. The van der Waals surface area contributed by atoms with Crippen LogP contribution in [0.4, 0.5) is 4.39 Å². The number of aryl methyl sites for hydroxylation is 2. The van der Waals surface area contributed by atoms with E-state index in [0.717, 1.165) is 10.5 Å². The first-order valence-electron chi connectivity index (χ1n) is 10.5. The van der Waals surface area contributed by atoms with Gasteiger partial charge in [0.05, 0.1) is 24.4 Å². The van der Waals surface area contributed by atoms with Crippen molar-refractivity contribution in [3.05, 3.63) is 81.8 Å². The van der Waals surface area contributed by atoms with E-state index in [0.29, 0.717) is 17.8 Å². The number of aromatic nitrogens is 3. The highest BCUT2D eigenvalue weighted by Gasteiger charge is 2.47. The topological polar surface area (TPSA) is 88.3 Å². The fourth-order valence-corrected chi connectivity index (χ4v) is 3.91. The van der Waals surface area contributed by atoms with Gasteiger partial charge in [-0.1, -0.05) is 6.92 Å². The fraction of sp³-hybridized carbons (Fsp3) is 0.250. The van der Waals surface area contributed by atoms with Gasteiger partial charge in [-0.25, -0.2) is 9.07 Å². The van der Waals surface area contributed by atoms with E-state index in [4.69, 9.17) is 4.74 Å². The second kappa shape index (κ2) is 8.95. The maximum Gasteiger partial charge on any atom is 0.326 e. The Labute approximate surface area is 189 Å². The smallest absolute Gasteiger partial charge is 0.326 e. The molecule has 0 aliphatic carbocycles. The molecule has 3 aromatic rings. The molecular formula is C24H24FN4O4+. The highest BCUT2D eigenvalue weighted by atomic mass is 19.1. The van der Waals surface area contributed by atoms with Crippen molar-refractivity contribution in [2.24, 2.45) is 0 Å². The first-order chi connectivity index (χ1) is 15.9. The van der Waals surface area contributed by atoms with Crippen molar-refractivity contribution in [1.29, 1.82) is 0 Å². The van der Waals surface area contributed by atoms with Crippen LogP contribution in [0.25, 0.3) is 17.0 Å². The van der Waals surface area contributed by atoms with Crippen LogP contribution in [0.15, 0.2) is 53.6 Å². The van der Waals surface area contributed by atoms with Gasteiger partial charge in [-0.3, -0.25) is 24.4 Å². The molecule has 33 heavy (non-hydrogen) atoms. The van der Waals surface area contributed by atoms with E-state index in [2.05, 4.69) is 5.10 Å². The van der Waals surface area contributed by atoms with Crippen molar-refractivity contribution in [3.8, 4) is 5.69 Å². The van der Waals surface area contributed by atoms with Gasteiger partial charge in [0.1, 0.15) is 11.4 Å². The van der Waals surface area contributed by atoms with Crippen LogP contribution < -0.4 is 10.1 Å². The predicted octanol–water partition coefficient (Wildman–Crippen LogP) is 1.85. The number of hydrogen-bond acceptors (Lipinski definition) is 4. The minimum absolute atomic E-state index is 0.0330. The third kappa shape index (κ3) is 3.91. The highest BCUT2D eigenvalue weighted by Crippen LogP contribution is 2.30. The zero-order chi connectivity index (χ0) is 23.7. The summed E-state index contributed by atoms with van der Waals surface area (Å²) >= 11 is 0. The van der Waals surface area contributed by atoms with E-state index in [9.17, 15) is 18.8 Å². The van der Waals surface area contributed by atoms with Gasteiger partial charge in [0.25, 0.3) is 17.2 Å². The summed E-state index contributed by atoms with van der Waals surface area (Å²) in [4.78, 5) is 41.4. The van der Waals surface area contributed by atoms with Crippen LogP contribution in [0, 0.1) is 12.7 Å². The summed E-state index contributed by atoms with van der Waals surface area (Å²) in [6, 6.07) is 9.07. The standard InChI is InChI=1S/C24H23FN4O4/c1-4-18-19(23(31)29(26-18)17-9-7-16(25)8-10-17)20-21(27-11-5-6-15(2)14-27)24(32)28(22(20)30)12-13-33-3/h5-11,14H,4,12-13H2,1-3H3/p+1. The van der Waals surface area contributed by atoms with Crippen LogP contribution in [0.5, 0.6) is 0 Å². The SMILES string of the molecule is CCc1[nH]n(-c2ccc(F)cc2)c(=O)c1C1=C([n+]2cccc(C)c2)C(=O)N(CCOC)C1=O. The molecule has 170 valence electrons. The van der Waals surface area contributed by atoms with Crippen molar-refractivity contribution in [2.75, 3.05) is 20.3 Å². The third-order valence-electron chi connectivity index (χ3n) is 5.52.